The molecule has 0 radical (unpaired) electrons. The number of ether oxygens (including phenoxy) is 3. The van der Waals surface area contributed by atoms with Crippen molar-refractivity contribution in [1.82, 2.24) is 5.32 Å². The lowest BCUT2D eigenvalue weighted by Crippen LogP contribution is -2.60. The lowest BCUT2D eigenvalue weighted by molar-refractivity contribution is -0.302. The lowest BCUT2D eigenvalue weighted by atomic mass is 9.99. The first-order valence-electron chi connectivity index (χ1n) is 35.5. The molecule has 0 aliphatic carbocycles. The minimum atomic E-state index is -1.57. The highest BCUT2D eigenvalue weighted by Crippen LogP contribution is 2.23. The highest BCUT2D eigenvalue weighted by atomic mass is 16.7. The Morgan fingerprint density at radius 2 is 0.778 bits per heavy atom. The monoisotopic (exact) mass is 1150 g/mol. The molecule has 1 saturated heterocycles. The van der Waals surface area contributed by atoms with Crippen LogP contribution in [0.5, 0.6) is 0 Å². The van der Waals surface area contributed by atoms with Gasteiger partial charge in [-0.2, -0.15) is 0 Å². The molecule has 6 N–H and O–H groups in total. The van der Waals surface area contributed by atoms with Crippen molar-refractivity contribution in [2.24, 2.45) is 0 Å². The molecule has 1 rings (SSSR count). The van der Waals surface area contributed by atoms with Crippen molar-refractivity contribution in [2.75, 3.05) is 19.8 Å². The van der Waals surface area contributed by atoms with Crippen LogP contribution in [-0.2, 0) is 23.8 Å². The molecule has 0 saturated carbocycles. The summed E-state index contributed by atoms with van der Waals surface area (Å²) in [5, 5.41) is 54.3. The number of carbonyl (C=O) groups is 2. The van der Waals surface area contributed by atoms with Gasteiger partial charge in [0, 0.05) is 12.8 Å². The summed E-state index contributed by atoms with van der Waals surface area (Å²) in [6.45, 7) is 4.36. The highest BCUT2D eigenvalue weighted by Gasteiger charge is 2.44. The Morgan fingerprint density at radius 1 is 0.444 bits per heavy atom. The first-order valence-corrected chi connectivity index (χ1v) is 35.5. The zero-order valence-electron chi connectivity index (χ0n) is 53.3. The molecular formula is C70H135NO10. The van der Waals surface area contributed by atoms with Gasteiger partial charge in [0.15, 0.2) is 6.29 Å². The Kier molecular flexibility index (Phi) is 57.4. The van der Waals surface area contributed by atoms with Gasteiger partial charge in [0.2, 0.25) is 5.91 Å². The summed E-state index contributed by atoms with van der Waals surface area (Å²) in [6.07, 6.45) is 63.7. The predicted molar refractivity (Wildman–Crippen MR) is 338 cm³/mol. The number of aliphatic hydroxyl groups is 5. The molecule has 0 aromatic heterocycles. The van der Waals surface area contributed by atoms with Crippen LogP contribution in [0.4, 0.5) is 0 Å². The van der Waals surface area contributed by atoms with Gasteiger partial charge in [0.05, 0.1) is 32.0 Å². The van der Waals surface area contributed by atoms with E-state index in [4.69, 9.17) is 14.2 Å². The molecule has 1 aliphatic rings. The van der Waals surface area contributed by atoms with Crippen LogP contribution in [0.2, 0.25) is 0 Å². The molecular weight excluding hydrogens is 1010 g/mol. The normalized spacial score (nSPS) is 18.2. The van der Waals surface area contributed by atoms with Gasteiger partial charge < -0.3 is 45.1 Å². The molecule has 0 aromatic rings. The van der Waals surface area contributed by atoms with E-state index in [1.807, 2.05) is 6.08 Å². The summed E-state index contributed by atoms with van der Waals surface area (Å²) in [7, 11) is 0. The second-order valence-corrected chi connectivity index (χ2v) is 25.0. The molecule has 11 heteroatoms. The van der Waals surface area contributed by atoms with Gasteiger partial charge in [-0.05, 0) is 32.1 Å². The minimum absolute atomic E-state index is 0.0150. The summed E-state index contributed by atoms with van der Waals surface area (Å²) in [6, 6.07) is -0.804. The smallest absolute Gasteiger partial charge is 0.305 e. The van der Waals surface area contributed by atoms with Crippen molar-refractivity contribution in [3.8, 4) is 0 Å². The number of aliphatic hydroxyl groups excluding tert-OH is 5. The maximum Gasteiger partial charge on any atom is 0.305 e. The second-order valence-electron chi connectivity index (χ2n) is 25.0. The molecule has 0 spiro atoms. The topological polar surface area (TPSA) is 175 Å². The zero-order valence-corrected chi connectivity index (χ0v) is 53.3. The molecule has 7 atom stereocenters. The number of amides is 1. The maximum absolute atomic E-state index is 13.0. The second kappa shape index (κ2) is 60.1. The van der Waals surface area contributed by atoms with Crippen LogP contribution in [-0.4, -0.2) is 100 Å². The third kappa shape index (κ3) is 49.2. The van der Waals surface area contributed by atoms with E-state index in [1.165, 1.54) is 283 Å². The van der Waals surface area contributed by atoms with Crippen LogP contribution in [0, 0.1) is 0 Å². The molecule has 11 nitrogen and oxygen atoms in total. The Hall–Kier alpha value is -1.60. The Labute approximate surface area is 499 Å². The first-order chi connectivity index (χ1) is 39.7. The minimum Gasteiger partial charge on any atom is -0.466 e. The SMILES string of the molecule is CCCCCCCCC/C=C/C(O)C(COC1OC(CO)C(O)C(O)C1O)NC(=O)CCCCCCCCCCCCCCCCCCCCCCCCCCCCCCCCCCOC(=O)CCCCCCCCCCCCCC. The van der Waals surface area contributed by atoms with Crippen LogP contribution in [0.15, 0.2) is 12.2 Å². The van der Waals surface area contributed by atoms with E-state index in [-0.39, 0.29) is 18.5 Å². The first kappa shape index (κ1) is 77.4. The van der Waals surface area contributed by atoms with Crippen molar-refractivity contribution in [1.29, 1.82) is 0 Å². The van der Waals surface area contributed by atoms with Gasteiger partial charge in [-0.25, -0.2) is 0 Å². The third-order valence-electron chi connectivity index (χ3n) is 17.2. The van der Waals surface area contributed by atoms with E-state index in [0.717, 1.165) is 51.4 Å². The van der Waals surface area contributed by atoms with Gasteiger partial charge in [0.1, 0.15) is 24.4 Å². The predicted octanol–water partition coefficient (Wildman–Crippen LogP) is 17.9. The fourth-order valence-corrected chi connectivity index (χ4v) is 11.6. The summed E-state index contributed by atoms with van der Waals surface area (Å²) < 4.78 is 16.7. The fourth-order valence-electron chi connectivity index (χ4n) is 11.6. The lowest BCUT2D eigenvalue weighted by Gasteiger charge is -2.40. The van der Waals surface area contributed by atoms with Crippen LogP contribution in [0.1, 0.15) is 361 Å². The Balaban J connectivity index is 1.89. The number of nitrogens with one attached hydrogen (secondary N) is 1. The molecule has 0 aromatic carbocycles. The maximum atomic E-state index is 13.0. The average Bonchev–Trinajstić information content (AvgIpc) is 3.47. The Bertz CT molecular complexity index is 1350. The number of hydrogen-bond acceptors (Lipinski definition) is 10. The number of carbonyl (C=O) groups excluding carboxylic acids is 2. The Morgan fingerprint density at radius 3 is 1.15 bits per heavy atom. The number of allylic oxidation sites excluding steroid dienone is 1. The fraction of sp³-hybridized carbons (Fsp3) is 0.943. The van der Waals surface area contributed by atoms with E-state index < -0.39 is 49.5 Å². The van der Waals surface area contributed by atoms with Crippen molar-refractivity contribution >= 4 is 11.9 Å². The summed E-state index contributed by atoms with van der Waals surface area (Å²) in [5.74, 6) is -0.162. The summed E-state index contributed by atoms with van der Waals surface area (Å²) >= 11 is 0. The summed E-state index contributed by atoms with van der Waals surface area (Å²) in [4.78, 5) is 25.1. The molecule has 1 amide bonds. The molecule has 480 valence electrons. The van der Waals surface area contributed by atoms with Gasteiger partial charge in [-0.15, -0.1) is 0 Å². The molecule has 7 unspecified atom stereocenters. The van der Waals surface area contributed by atoms with E-state index in [9.17, 15) is 35.1 Å². The van der Waals surface area contributed by atoms with E-state index in [0.29, 0.717) is 19.4 Å². The standard InChI is InChI=1S/C70H135NO10/c1-3-5-7-9-11-13-14-38-42-46-50-54-58-66(75)79-59-55-51-47-43-39-36-34-32-30-28-26-24-22-20-18-16-15-17-19-21-23-25-27-29-31-33-35-37-41-45-49-53-57-65(74)71-62(63(73)56-52-48-44-40-12-10-8-6-4-2)61-80-70-69(78)68(77)67(76)64(60-72)81-70/h52,56,62-64,67-70,72-73,76-78H,3-51,53-55,57-61H2,1-2H3,(H,71,74)/b56-52+. The molecule has 0 bridgehead atoms. The van der Waals surface area contributed by atoms with Crippen LogP contribution in [0.25, 0.3) is 0 Å². The van der Waals surface area contributed by atoms with E-state index in [1.54, 1.807) is 6.08 Å². The van der Waals surface area contributed by atoms with Crippen LogP contribution in [0.3, 0.4) is 0 Å². The quantitative estimate of drug-likeness (QED) is 0.0195. The van der Waals surface area contributed by atoms with E-state index in [2.05, 4.69) is 19.2 Å². The number of hydrogen-bond donors (Lipinski definition) is 6. The van der Waals surface area contributed by atoms with Crippen LogP contribution < -0.4 is 5.32 Å². The van der Waals surface area contributed by atoms with Crippen molar-refractivity contribution in [3.63, 3.8) is 0 Å². The van der Waals surface area contributed by atoms with E-state index >= 15 is 0 Å². The van der Waals surface area contributed by atoms with Crippen molar-refractivity contribution < 1.29 is 49.3 Å². The van der Waals surface area contributed by atoms with Crippen LogP contribution >= 0.6 is 0 Å². The van der Waals surface area contributed by atoms with Gasteiger partial charge in [-0.3, -0.25) is 9.59 Å². The number of esters is 1. The molecule has 1 fully saturated rings. The third-order valence-corrected chi connectivity index (χ3v) is 17.2. The van der Waals surface area contributed by atoms with Gasteiger partial charge >= 0.3 is 5.97 Å². The van der Waals surface area contributed by atoms with Crippen molar-refractivity contribution in [2.45, 2.75) is 403 Å². The van der Waals surface area contributed by atoms with Gasteiger partial charge in [-0.1, -0.05) is 328 Å². The zero-order chi connectivity index (χ0) is 58.7. The number of unbranched alkanes of at least 4 members (excludes halogenated alkanes) is 49. The van der Waals surface area contributed by atoms with Gasteiger partial charge in [0.25, 0.3) is 0 Å². The molecule has 1 heterocycles. The molecule has 81 heavy (non-hydrogen) atoms. The largest absolute Gasteiger partial charge is 0.466 e. The highest BCUT2D eigenvalue weighted by molar-refractivity contribution is 5.76. The summed E-state index contributed by atoms with van der Waals surface area (Å²) in [5.41, 5.74) is 0. The average molecular weight is 1150 g/mol. The number of rotatable bonds is 63. The molecule has 1 aliphatic heterocycles. The van der Waals surface area contributed by atoms with Crippen molar-refractivity contribution in [3.05, 3.63) is 12.2 Å².